The van der Waals surface area contributed by atoms with Crippen LogP contribution >= 0.6 is 15.9 Å². The Balaban J connectivity index is 2.27. The topological polar surface area (TPSA) is 12.9 Å². The summed E-state index contributed by atoms with van der Waals surface area (Å²) in [4.78, 5) is 3.88. The highest BCUT2D eigenvalue weighted by Gasteiger charge is 2.21. The molecule has 1 aromatic rings. The van der Waals surface area contributed by atoms with Gasteiger partial charge in [0.1, 0.15) is 0 Å². The van der Waals surface area contributed by atoms with Gasteiger partial charge in [0, 0.05) is 11.6 Å². The van der Waals surface area contributed by atoms with Gasteiger partial charge in [-0.25, -0.2) is 4.98 Å². The molecule has 0 aliphatic heterocycles. The summed E-state index contributed by atoms with van der Waals surface area (Å²) in [5.41, 5.74) is 0.905. The second kappa shape index (κ2) is 3.13. The summed E-state index contributed by atoms with van der Waals surface area (Å²) in [6.45, 7) is 0. The zero-order valence-corrected chi connectivity index (χ0v) is 8.14. The largest absolute Gasteiger partial charge is 0.227 e. The molecule has 0 spiro atoms. The van der Waals surface area contributed by atoms with E-state index >= 15 is 0 Å². The van der Waals surface area contributed by atoms with Crippen LogP contribution in [0.25, 0.3) is 0 Å². The Labute approximate surface area is 79.1 Å². The van der Waals surface area contributed by atoms with Gasteiger partial charge in [-0.1, -0.05) is 6.42 Å². The van der Waals surface area contributed by atoms with Crippen LogP contribution in [0.5, 0.6) is 0 Å². The van der Waals surface area contributed by atoms with Crippen LogP contribution in [0, 0.1) is 5.95 Å². The van der Waals surface area contributed by atoms with Gasteiger partial charge in [-0.2, -0.15) is 4.39 Å². The molecule has 1 fully saturated rings. The summed E-state index contributed by atoms with van der Waals surface area (Å²) < 4.78 is 13.4. The SMILES string of the molecule is Fc1nc(C2CCC2)ccc1Br. The minimum Gasteiger partial charge on any atom is -0.224 e. The molecule has 0 N–H and O–H groups in total. The van der Waals surface area contributed by atoms with Crippen molar-refractivity contribution in [1.29, 1.82) is 0 Å². The smallest absolute Gasteiger partial charge is 0.224 e. The van der Waals surface area contributed by atoms with Gasteiger partial charge in [-0.05, 0) is 40.9 Å². The van der Waals surface area contributed by atoms with Crippen molar-refractivity contribution >= 4 is 15.9 Å². The lowest BCUT2D eigenvalue weighted by Crippen LogP contribution is -2.11. The monoisotopic (exact) mass is 229 g/mol. The van der Waals surface area contributed by atoms with E-state index in [0.29, 0.717) is 10.4 Å². The fraction of sp³-hybridized carbons (Fsp3) is 0.444. The predicted molar refractivity (Wildman–Crippen MR) is 48.5 cm³/mol. The number of hydrogen-bond donors (Lipinski definition) is 0. The van der Waals surface area contributed by atoms with Gasteiger partial charge in [0.2, 0.25) is 5.95 Å². The van der Waals surface area contributed by atoms with Crippen LogP contribution < -0.4 is 0 Å². The second-order valence-electron chi connectivity index (χ2n) is 3.14. The molecule has 0 saturated heterocycles. The van der Waals surface area contributed by atoms with Crippen molar-refractivity contribution in [3.63, 3.8) is 0 Å². The predicted octanol–water partition coefficient (Wildman–Crippen LogP) is 3.25. The van der Waals surface area contributed by atoms with Gasteiger partial charge in [-0.15, -0.1) is 0 Å². The van der Waals surface area contributed by atoms with Crippen molar-refractivity contribution in [2.24, 2.45) is 0 Å². The first-order valence-corrected chi connectivity index (χ1v) is 4.88. The minimum absolute atomic E-state index is 0.389. The molecule has 2 rings (SSSR count). The van der Waals surface area contributed by atoms with Crippen LogP contribution in [0.2, 0.25) is 0 Å². The van der Waals surface area contributed by atoms with Crippen molar-refractivity contribution in [2.75, 3.05) is 0 Å². The lowest BCUT2D eigenvalue weighted by atomic mass is 9.83. The average molecular weight is 230 g/mol. The van der Waals surface area contributed by atoms with E-state index in [1.165, 1.54) is 6.42 Å². The summed E-state index contributed by atoms with van der Waals surface area (Å²) in [6.07, 6.45) is 3.58. The van der Waals surface area contributed by atoms with Gasteiger partial charge in [0.25, 0.3) is 0 Å². The fourth-order valence-electron chi connectivity index (χ4n) is 1.36. The fourth-order valence-corrected chi connectivity index (χ4v) is 1.58. The molecule has 1 heterocycles. The van der Waals surface area contributed by atoms with E-state index in [9.17, 15) is 4.39 Å². The molecule has 1 saturated carbocycles. The molecule has 1 aliphatic rings. The molecular formula is C9H9BrFN. The molecule has 3 heteroatoms. The maximum Gasteiger partial charge on any atom is 0.227 e. The molecule has 1 nitrogen and oxygen atoms in total. The Hall–Kier alpha value is -0.440. The number of hydrogen-bond acceptors (Lipinski definition) is 1. The minimum atomic E-state index is -0.389. The maximum atomic E-state index is 12.9. The Kier molecular flexibility index (Phi) is 2.13. The summed E-state index contributed by atoms with van der Waals surface area (Å²) in [7, 11) is 0. The summed E-state index contributed by atoms with van der Waals surface area (Å²) in [6, 6.07) is 3.63. The lowest BCUT2D eigenvalue weighted by molar-refractivity contribution is 0.404. The first-order valence-electron chi connectivity index (χ1n) is 4.09. The highest BCUT2D eigenvalue weighted by atomic mass is 79.9. The quantitative estimate of drug-likeness (QED) is 0.675. The summed E-state index contributed by atoms with van der Waals surface area (Å²) >= 11 is 3.08. The first-order chi connectivity index (χ1) is 5.77. The average Bonchev–Trinajstić information content (AvgIpc) is 1.93. The van der Waals surface area contributed by atoms with Crippen LogP contribution in [-0.4, -0.2) is 4.98 Å². The molecule has 0 atom stereocenters. The molecular weight excluding hydrogens is 221 g/mol. The normalized spacial score (nSPS) is 17.5. The number of rotatable bonds is 1. The molecule has 0 bridgehead atoms. The van der Waals surface area contributed by atoms with Crippen LogP contribution in [-0.2, 0) is 0 Å². The summed E-state index contributed by atoms with van der Waals surface area (Å²) in [5.74, 6) is 0.118. The van der Waals surface area contributed by atoms with E-state index in [1.807, 2.05) is 6.07 Å². The van der Waals surface area contributed by atoms with E-state index in [1.54, 1.807) is 6.07 Å². The number of nitrogens with zero attached hydrogens (tertiary/aromatic N) is 1. The van der Waals surface area contributed by atoms with Crippen molar-refractivity contribution < 1.29 is 4.39 Å². The highest BCUT2D eigenvalue weighted by molar-refractivity contribution is 9.10. The van der Waals surface area contributed by atoms with E-state index < -0.39 is 0 Å². The summed E-state index contributed by atoms with van der Waals surface area (Å²) in [5, 5.41) is 0. The molecule has 0 radical (unpaired) electrons. The van der Waals surface area contributed by atoms with Crippen molar-refractivity contribution in [2.45, 2.75) is 25.2 Å². The molecule has 1 aliphatic carbocycles. The highest BCUT2D eigenvalue weighted by Crippen LogP contribution is 2.35. The maximum absolute atomic E-state index is 12.9. The molecule has 0 unspecified atom stereocenters. The van der Waals surface area contributed by atoms with Gasteiger partial charge in [0.15, 0.2) is 0 Å². The Bertz CT molecular complexity index is 297. The zero-order valence-electron chi connectivity index (χ0n) is 6.56. The van der Waals surface area contributed by atoms with E-state index in [-0.39, 0.29) is 5.95 Å². The van der Waals surface area contributed by atoms with Crippen molar-refractivity contribution in [3.05, 3.63) is 28.2 Å². The molecule has 12 heavy (non-hydrogen) atoms. The van der Waals surface area contributed by atoms with Gasteiger partial charge in [0.05, 0.1) is 4.47 Å². The Morgan fingerprint density at radius 3 is 2.67 bits per heavy atom. The molecule has 64 valence electrons. The number of pyridine rings is 1. The third-order valence-electron chi connectivity index (χ3n) is 2.35. The van der Waals surface area contributed by atoms with E-state index in [0.717, 1.165) is 18.5 Å². The van der Waals surface area contributed by atoms with Gasteiger partial charge in [-0.3, -0.25) is 0 Å². The van der Waals surface area contributed by atoms with Crippen molar-refractivity contribution in [3.8, 4) is 0 Å². The van der Waals surface area contributed by atoms with Crippen molar-refractivity contribution in [1.82, 2.24) is 4.98 Å². The van der Waals surface area contributed by atoms with Crippen LogP contribution in [0.1, 0.15) is 30.9 Å². The third kappa shape index (κ3) is 1.38. The van der Waals surface area contributed by atoms with E-state index in [4.69, 9.17) is 0 Å². The second-order valence-corrected chi connectivity index (χ2v) is 3.99. The molecule has 0 amide bonds. The van der Waals surface area contributed by atoms with Crippen LogP contribution in [0.4, 0.5) is 4.39 Å². The van der Waals surface area contributed by atoms with Crippen LogP contribution in [0.3, 0.4) is 0 Å². The van der Waals surface area contributed by atoms with E-state index in [2.05, 4.69) is 20.9 Å². The lowest BCUT2D eigenvalue weighted by Gasteiger charge is -2.24. The molecule has 0 aromatic carbocycles. The third-order valence-corrected chi connectivity index (χ3v) is 2.94. The zero-order chi connectivity index (χ0) is 8.55. The molecule has 1 aromatic heterocycles. The standard InChI is InChI=1S/C9H9BrFN/c10-7-4-5-8(12-9(7)11)6-2-1-3-6/h4-6H,1-3H2. The first kappa shape index (κ1) is 8.17. The Morgan fingerprint density at radius 2 is 2.17 bits per heavy atom. The van der Waals surface area contributed by atoms with Gasteiger partial charge < -0.3 is 0 Å². The Morgan fingerprint density at radius 1 is 1.42 bits per heavy atom. The number of halogens is 2. The van der Waals surface area contributed by atoms with Gasteiger partial charge >= 0.3 is 0 Å². The van der Waals surface area contributed by atoms with Crippen LogP contribution in [0.15, 0.2) is 16.6 Å². The number of aromatic nitrogens is 1.